The maximum atomic E-state index is 13.0. The molecule has 2 aliphatic heterocycles. The maximum Gasteiger partial charge on any atom is 0.410 e. The molecule has 3 aromatic rings. The van der Waals surface area contributed by atoms with Crippen LogP contribution in [0, 0.1) is 11.3 Å². The number of piperidine rings is 1. The summed E-state index contributed by atoms with van der Waals surface area (Å²) in [6, 6.07) is 9.90. The molecule has 1 aliphatic carbocycles. The van der Waals surface area contributed by atoms with Crippen LogP contribution in [-0.4, -0.2) is 43.2 Å². The topological polar surface area (TPSA) is 96.1 Å². The average molecular weight is 491 g/mol. The fraction of sp³-hybridized carbons (Fsp3) is 0.462. The Morgan fingerprint density at radius 1 is 1.20 bits per heavy atom. The van der Waals surface area contributed by atoms with Crippen molar-refractivity contribution in [2.45, 2.75) is 75.6 Å². The lowest BCUT2D eigenvalue weighted by Gasteiger charge is -2.43. The maximum absolute atomic E-state index is 13.0. The monoisotopic (exact) mass is 490 g/mol. The summed E-state index contributed by atoms with van der Waals surface area (Å²) in [5, 5.41) is 13.7. The molecule has 2 saturated heterocycles. The van der Waals surface area contributed by atoms with Gasteiger partial charge in [-0.25, -0.2) is 14.8 Å². The number of aromatic nitrogens is 3. The molecule has 4 heterocycles. The SMILES string of the molecule is CC1(OC(=O)N2[C@H]3CC[C@H]2CC(n2ccc4c(Nc5ccc(C#N)cc5Cl)ncnc42)C3)CCC1. The molecule has 0 radical (unpaired) electrons. The molecule has 8 nitrogen and oxygen atoms in total. The normalized spacial score (nSPS) is 24.6. The summed E-state index contributed by atoms with van der Waals surface area (Å²) in [5.41, 5.74) is 1.77. The first-order chi connectivity index (χ1) is 16.9. The minimum Gasteiger partial charge on any atom is -0.443 e. The predicted molar refractivity (Wildman–Crippen MR) is 133 cm³/mol. The van der Waals surface area contributed by atoms with Crippen LogP contribution in [0.15, 0.2) is 36.8 Å². The summed E-state index contributed by atoms with van der Waals surface area (Å²) >= 11 is 6.36. The molecule has 2 aromatic heterocycles. The lowest BCUT2D eigenvalue weighted by Crippen LogP contribution is -2.50. The lowest BCUT2D eigenvalue weighted by molar-refractivity contribution is -0.0577. The molecule has 0 unspecified atom stereocenters. The standard InChI is InChI=1S/C26H27ClN6O2/c1-26(8-2-9-26)35-25(34)33-17-4-5-18(33)13-19(12-17)32-10-7-20-23(29-15-30-24(20)32)31-22-6-3-16(14-28)11-21(22)27/h3,6-7,10-11,15,17-19H,2,4-5,8-9,12-13H2,1H3,(H,29,30,31)/t17-,18-/m0/s1. The number of ether oxygens (including phenoxy) is 1. The van der Waals surface area contributed by atoms with E-state index in [1.165, 1.54) is 0 Å². The Bertz CT molecular complexity index is 1330. The van der Waals surface area contributed by atoms with Gasteiger partial charge in [-0.05, 0) is 76.1 Å². The smallest absolute Gasteiger partial charge is 0.410 e. The summed E-state index contributed by atoms with van der Waals surface area (Å²) < 4.78 is 8.14. The van der Waals surface area contributed by atoms with Gasteiger partial charge >= 0.3 is 6.09 Å². The Kier molecular flexibility index (Phi) is 5.33. The molecule has 1 amide bonds. The number of carbonyl (C=O) groups excluding carboxylic acids is 1. The van der Waals surface area contributed by atoms with Crippen LogP contribution in [0.4, 0.5) is 16.3 Å². The molecule has 1 saturated carbocycles. The van der Waals surface area contributed by atoms with Gasteiger partial charge < -0.3 is 19.5 Å². The van der Waals surface area contributed by atoms with Crippen molar-refractivity contribution < 1.29 is 9.53 Å². The average Bonchev–Trinajstić information content (AvgIpc) is 3.38. The van der Waals surface area contributed by atoms with E-state index in [2.05, 4.69) is 32.1 Å². The molecule has 0 spiro atoms. The van der Waals surface area contributed by atoms with Crippen molar-refractivity contribution in [3.05, 3.63) is 47.4 Å². The Balaban J connectivity index is 1.22. The van der Waals surface area contributed by atoms with Gasteiger partial charge in [0, 0.05) is 24.3 Å². The van der Waals surface area contributed by atoms with Crippen molar-refractivity contribution >= 4 is 40.2 Å². The minimum atomic E-state index is -0.276. The van der Waals surface area contributed by atoms with Gasteiger partial charge in [0.15, 0.2) is 0 Å². The number of amides is 1. The van der Waals surface area contributed by atoms with Gasteiger partial charge in [-0.2, -0.15) is 5.26 Å². The van der Waals surface area contributed by atoms with Gasteiger partial charge in [0.2, 0.25) is 0 Å². The number of benzene rings is 1. The number of fused-ring (bicyclic) bond motifs is 3. The molecular formula is C26H27ClN6O2. The van der Waals surface area contributed by atoms with Crippen molar-refractivity contribution in [2.24, 2.45) is 0 Å². The zero-order chi connectivity index (χ0) is 24.2. The molecule has 35 heavy (non-hydrogen) atoms. The van der Waals surface area contributed by atoms with Crippen molar-refractivity contribution in [2.75, 3.05) is 5.32 Å². The Morgan fingerprint density at radius 2 is 1.97 bits per heavy atom. The van der Waals surface area contributed by atoms with Crippen LogP contribution in [0.25, 0.3) is 11.0 Å². The van der Waals surface area contributed by atoms with E-state index in [-0.39, 0.29) is 29.8 Å². The van der Waals surface area contributed by atoms with Gasteiger partial charge in [-0.15, -0.1) is 0 Å². The highest BCUT2D eigenvalue weighted by atomic mass is 35.5. The second kappa shape index (κ2) is 8.42. The fourth-order valence-electron chi connectivity index (χ4n) is 5.89. The van der Waals surface area contributed by atoms with Crippen LogP contribution in [0.2, 0.25) is 5.02 Å². The second-order valence-corrected chi connectivity index (χ2v) is 10.6. The van der Waals surface area contributed by atoms with Crippen LogP contribution >= 0.6 is 11.6 Å². The summed E-state index contributed by atoms with van der Waals surface area (Å²) in [6.45, 7) is 2.05. The minimum absolute atomic E-state index is 0.136. The van der Waals surface area contributed by atoms with Gasteiger partial charge in [0.05, 0.1) is 27.7 Å². The third kappa shape index (κ3) is 3.88. The van der Waals surface area contributed by atoms with Gasteiger partial charge in [-0.3, -0.25) is 0 Å². The molecular weight excluding hydrogens is 464 g/mol. The van der Waals surface area contributed by atoms with E-state index in [1.807, 2.05) is 17.9 Å². The fourth-order valence-corrected chi connectivity index (χ4v) is 6.12. The van der Waals surface area contributed by atoms with E-state index in [0.717, 1.165) is 56.0 Å². The zero-order valence-electron chi connectivity index (χ0n) is 19.6. The van der Waals surface area contributed by atoms with Crippen LogP contribution in [0.3, 0.4) is 0 Å². The van der Waals surface area contributed by atoms with E-state index >= 15 is 0 Å². The number of nitriles is 1. The van der Waals surface area contributed by atoms with E-state index in [1.54, 1.807) is 24.5 Å². The first-order valence-corrected chi connectivity index (χ1v) is 12.6. The van der Waals surface area contributed by atoms with Crippen molar-refractivity contribution in [3.8, 4) is 6.07 Å². The molecule has 2 bridgehead atoms. The van der Waals surface area contributed by atoms with Crippen LogP contribution < -0.4 is 5.32 Å². The van der Waals surface area contributed by atoms with Crippen molar-refractivity contribution in [1.29, 1.82) is 5.26 Å². The Labute approximate surface area is 208 Å². The predicted octanol–water partition coefficient (Wildman–Crippen LogP) is 5.95. The zero-order valence-corrected chi connectivity index (χ0v) is 20.3. The quantitative estimate of drug-likeness (QED) is 0.485. The molecule has 1 N–H and O–H groups in total. The van der Waals surface area contributed by atoms with Crippen molar-refractivity contribution in [3.63, 3.8) is 0 Å². The molecule has 180 valence electrons. The van der Waals surface area contributed by atoms with E-state index in [4.69, 9.17) is 21.6 Å². The number of halogens is 1. The summed E-state index contributed by atoms with van der Waals surface area (Å²) in [5.74, 6) is 0.665. The molecule has 6 rings (SSSR count). The summed E-state index contributed by atoms with van der Waals surface area (Å²) in [4.78, 5) is 24.0. The number of nitrogens with zero attached hydrogens (tertiary/aromatic N) is 5. The number of carbonyl (C=O) groups is 1. The van der Waals surface area contributed by atoms with Gasteiger partial charge in [0.25, 0.3) is 0 Å². The highest BCUT2D eigenvalue weighted by Gasteiger charge is 2.47. The van der Waals surface area contributed by atoms with Gasteiger partial charge in [0.1, 0.15) is 23.4 Å². The lowest BCUT2D eigenvalue weighted by atomic mass is 9.82. The van der Waals surface area contributed by atoms with Crippen LogP contribution in [0.1, 0.15) is 63.5 Å². The molecule has 1 aromatic carbocycles. The molecule has 3 fully saturated rings. The highest BCUT2D eigenvalue weighted by Crippen LogP contribution is 2.44. The number of nitrogens with one attached hydrogen (secondary N) is 1. The Morgan fingerprint density at radius 3 is 2.63 bits per heavy atom. The number of hydrogen-bond acceptors (Lipinski definition) is 6. The van der Waals surface area contributed by atoms with E-state index in [0.29, 0.717) is 22.1 Å². The molecule has 2 atom stereocenters. The largest absolute Gasteiger partial charge is 0.443 e. The summed E-state index contributed by atoms with van der Waals surface area (Å²) in [7, 11) is 0. The first kappa shape index (κ1) is 22.2. The third-order valence-corrected chi connectivity index (χ3v) is 8.23. The van der Waals surface area contributed by atoms with Crippen molar-refractivity contribution in [1.82, 2.24) is 19.4 Å². The van der Waals surface area contributed by atoms with Crippen LogP contribution in [0.5, 0.6) is 0 Å². The molecule has 3 aliphatic rings. The first-order valence-electron chi connectivity index (χ1n) is 12.2. The number of rotatable bonds is 4. The second-order valence-electron chi connectivity index (χ2n) is 10.2. The van der Waals surface area contributed by atoms with Crippen LogP contribution in [-0.2, 0) is 4.74 Å². The van der Waals surface area contributed by atoms with E-state index in [9.17, 15) is 4.79 Å². The number of hydrogen-bond donors (Lipinski definition) is 1. The van der Waals surface area contributed by atoms with E-state index < -0.39 is 0 Å². The third-order valence-electron chi connectivity index (χ3n) is 7.92. The Hall–Kier alpha value is -3.31. The van der Waals surface area contributed by atoms with Gasteiger partial charge in [-0.1, -0.05) is 11.6 Å². The summed E-state index contributed by atoms with van der Waals surface area (Å²) in [6.07, 6.45) is 10.4. The number of anilines is 2. The highest BCUT2D eigenvalue weighted by molar-refractivity contribution is 6.33. The molecule has 9 heteroatoms.